The molecule has 0 unspecified atom stereocenters. The molecule has 0 aliphatic carbocycles. The molecule has 2 heteroatoms. The Hall–Kier alpha value is -0.630. The Kier molecular flexibility index (Phi) is 7.40. The van der Waals surface area contributed by atoms with E-state index < -0.39 is 0 Å². The summed E-state index contributed by atoms with van der Waals surface area (Å²) in [7, 11) is 0. The second-order valence-electron chi connectivity index (χ2n) is 3.93. The predicted molar refractivity (Wildman–Crippen MR) is 59.4 cm³/mol. The molecule has 0 fully saturated rings. The van der Waals surface area contributed by atoms with Gasteiger partial charge in [-0.2, -0.15) is 0 Å². The van der Waals surface area contributed by atoms with Crippen LogP contribution in [-0.4, -0.2) is 18.5 Å². The lowest BCUT2D eigenvalue weighted by atomic mass is 10.1. The van der Waals surface area contributed by atoms with Crippen molar-refractivity contribution in [3.05, 3.63) is 12.2 Å². The van der Waals surface area contributed by atoms with Crippen molar-refractivity contribution >= 4 is 5.78 Å². The Balaban J connectivity index is 3.22. The van der Waals surface area contributed by atoms with Crippen LogP contribution in [0.3, 0.4) is 0 Å². The smallest absolute Gasteiger partial charge is 0.157 e. The molecule has 0 rings (SSSR count). The van der Waals surface area contributed by atoms with Gasteiger partial charge in [-0.25, -0.2) is 0 Å². The summed E-state index contributed by atoms with van der Waals surface area (Å²) in [6.07, 6.45) is 4.00. The quantitative estimate of drug-likeness (QED) is 0.442. The van der Waals surface area contributed by atoms with Gasteiger partial charge in [0.1, 0.15) is 0 Å². The number of hydrogen-bond donors (Lipinski definition) is 0. The highest BCUT2D eigenvalue weighted by molar-refractivity contribution is 5.93. The first-order valence-electron chi connectivity index (χ1n) is 5.34. The molecule has 2 nitrogen and oxygen atoms in total. The molecular formula is C12H22O2. The minimum atomic E-state index is 0.190. The number of carbonyl (C=O) groups excluding carboxylic acids is 1. The monoisotopic (exact) mass is 198 g/mol. The van der Waals surface area contributed by atoms with Gasteiger partial charge in [-0.3, -0.25) is 4.79 Å². The first-order valence-corrected chi connectivity index (χ1v) is 5.34. The van der Waals surface area contributed by atoms with Gasteiger partial charge in [0.05, 0.1) is 6.10 Å². The maximum atomic E-state index is 11.2. The third-order valence-electron chi connectivity index (χ3n) is 1.98. The molecule has 0 aromatic rings. The fraction of sp³-hybridized carbons (Fsp3) is 0.750. The molecule has 14 heavy (non-hydrogen) atoms. The average Bonchev–Trinajstić information content (AvgIpc) is 2.09. The average molecular weight is 198 g/mol. The minimum absolute atomic E-state index is 0.190. The second-order valence-corrected chi connectivity index (χ2v) is 3.93. The summed E-state index contributed by atoms with van der Waals surface area (Å²) < 4.78 is 5.39. The van der Waals surface area contributed by atoms with E-state index in [1.54, 1.807) is 6.92 Å². The summed E-state index contributed by atoms with van der Waals surface area (Å²) in [5.41, 5.74) is 0.670. The standard InChI is InChI=1S/C12H22O2/c1-10(2)12(13)8-6-5-7-9-14-11(3)4/h11H,1,5-9H2,2-4H3. The molecule has 0 aliphatic rings. The molecule has 0 bridgehead atoms. The normalized spacial score (nSPS) is 10.6. The summed E-state index contributed by atoms with van der Waals surface area (Å²) in [5, 5.41) is 0. The van der Waals surface area contributed by atoms with Crippen LogP contribution in [-0.2, 0) is 9.53 Å². The van der Waals surface area contributed by atoms with E-state index in [1.165, 1.54) is 0 Å². The summed E-state index contributed by atoms with van der Waals surface area (Å²) in [6, 6.07) is 0. The molecule has 0 aliphatic heterocycles. The SMILES string of the molecule is C=C(C)C(=O)CCCCCOC(C)C. The van der Waals surface area contributed by atoms with Gasteiger partial charge in [0, 0.05) is 13.0 Å². The van der Waals surface area contributed by atoms with E-state index in [9.17, 15) is 4.79 Å². The molecule has 0 aromatic heterocycles. The van der Waals surface area contributed by atoms with E-state index in [0.29, 0.717) is 18.1 Å². The molecule has 0 atom stereocenters. The zero-order valence-electron chi connectivity index (χ0n) is 9.64. The summed E-state index contributed by atoms with van der Waals surface area (Å²) in [6.45, 7) is 10.3. The van der Waals surface area contributed by atoms with Crippen LogP contribution in [0.4, 0.5) is 0 Å². The molecular weight excluding hydrogens is 176 g/mol. The summed E-state index contributed by atoms with van der Waals surface area (Å²) in [4.78, 5) is 11.2. The van der Waals surface area contributed by atoms with Crippen LogP contribution in [0.25, 0.3) is 0 Å². The Morgan fingerprint density at radius 1 is 1.29 bits per heavy atom. The van der Waals surface area contributed by atoms with Crippen LogP contribution in [0.2, 0.25) is 0 Å². The topological polar surface area (TPSA) is 26.3 Å². The van der Waals surface area contributed by atoms with E-state index in [1.807, 2.05) is 13.8 Å². The van der Waals surface area contributed by atoms with Crippen molar-refractivity contribution in [3.63, 3.8) is 0 Å². The van der Waals surface area contributed by atoms with Gasteiger partial charge in [-0.15, -0.1) is 0 Å². The molecule has 0 saturated heterocycles. The number of rotatable bonds is 8. The zero-order valence-corrected chi connectivity index (χ0v) is 9.64. The van der Waals surface area contributed by atoms with Crippen molar-refractivity contribution < 1.29 is 9.53 Å². The third kappa shape index (κ3) is 7.99. The van der Waals surface area contributed by atoms with Gasteiger partial charge in [0.2, 0.25) is 0 Å². The Morgan fingerprint density at radius 2 is 1.93 bits per heavy atom. The van der Waals surface area contributed by atoms with E-state index >= 15 is 0 Å². The van der Waals surface area contributed by atoms with Gasteiger partial charge in [-0.05, 0) is 39.2 Å². The Morgan fingerprint density at radius 3 is 2.43 bits per heavy atom. The number of ketones is 1. The van der Waals surface area contributed by atoms with Gasteiger partial charge >= 0.3 is 0 Å². The van der Waals surface area contributed by atoms with E-state index in [-0.39, 0.29) is 5.78 Å². The van der Waals surface area contributed by atoms with Crippen molar-refractivity contribution in [1.82, 2.24) is 0 Å². The molecule has 82 valence electrons. The molecule has 0 aromatic carbocycles. The van der Waals surface area contributed by atoms with Crippen LogP contribution in [0.15, 0.2) is 12.2 Å². The Labute approximate surface area is 87.3 Å². The molecule has 0 heterocycles. The lowest BCUT2D eigenvalue weighted by molar-refractivity contribution is -0.115. The van der Waals surface area contributed by atoms with E-state index in [2.05, 4.69) is 6.58 Å². The number of Topliss-reactive ketones (excluding diaryl/α,β-unsaturated/α-hetero) is 1. The highest BCUT2D eigenvalue weighted by Gasteiger charge is 2.01. The second kappa shape index (κ2) is 7.74. The van der Waals surface area contributed by atoms with E-state index in [4.69, 9.17) is 4.74 Å². The molecule has 0 spiro atoms. The maximum Gasteiger partial charge on any atom is 0.157 e. The largest absolute Gasteiger partial charge is 0.379 e. The zero-order chi connectivity index (χ0) is 11.0. The van der Waals surface area contributed by atoms with E-state index in [0.717, 1.165) is 25.9 Å². The third-order valence-corrected chi connectivity index (χ3v) is 1.98. The van der Waals surface area contributed by atoms with Crippen LogP contribution >= 0.6 is 0 Å². The number of unbranched alkanes of at least 4 members (excludes halogenated alkanes) is 2. The highest BCUT2D eigenvalue weighted by atomic mass is 16.5. The molecule has 0 amide bonds. The van der Waals surface area contributed by atoms with Gasteiger partial charge < -0.3 is 4.74 Å². The lowest BCUT2D eigenvalue weighted by Crippen LogP contribution is -2.04. The fourth-order valence-electron chi connectivity index (χ4n) is 1.10. The highest BCUT2D eigenvalue weighted by Crippen LogP contribution is 2.05. The van der Waals surface area contributed by atoms with Crippen LogP contribution in [0, 0.1) is 0 Å². The minimum Gasteiger partial charge on any atom is -0.379 e. The summed E-state index contributed by atoms with van der Waals surface area (Å²) >= 11 is 0. The maximum absolute atomic E-state index is 11.2. The van der Waals surface area contributed by atoms with Crippen LogP contribution in [0.5, 0.6) is 0 Å². The van der Waals surface area contributed by atoms with Gasteiger partial charge in [-0.1, -0.05) is 13.0 Å². The molecule has 0 radical (unpaired) electrons. The van der Waals surface area contributed by atoms with Crippen molar-refractivity contribution in [2.75, 3.05) is 6.61 Å². The lowest BCUT2D eigenvalue weighted by Gasteiger charge is -2.06. The van der Waals surface area contributed by atoms with Gasteiger partial charge in [0.25, 0.3) is 0 Å². The first-order chi connectivity index (χ1) is 6.54. The number of allylic oxidation sites excluding steroid dienone is 1. The Bertz CT molecular complexity index is 183. The van der Waals surface area contributed by atoms with Crippen molar-refractivity contribution in [2.24, 2.45) is 0 Å². The van der Waals surface area contributed by atoms with Crippen molar-refractivity contribution in [1.29, 1.82) is 0 Å². The molecule has 0 N–H and O–H groups in total. The number of ether oxygens (including phenoxy) is 1. The number of hydrogen-bond acceptors (Lipinski definition) is 2. The van der Waals surface area contributed by atoms with Gasteiger partial charge in [0.15, 0.2) is 5.78 Å². The predicted octanol–water partition coefficient (Wildman–Crippen LogP) is 3.12. The van der Waals surface area contributed by atoms with Crippen LogP contribution < -0.4 is 0 Å². The summed E-state index contributed by atoms with van der Waals surface area (Å²) in [5.74, 6) is 0.190. The van der Waals surface area contributed by atoms with Crippen LogP contribution in [0.1, 0.15) is 46.5 Å². The molecule has 0 saturated carbocycles. The first kappa shape index (κ1) is 13.4. The van der Waals surface area contributed by atoms with Crippen molar-refractivity contribution in [2.45, 2.75) is 52.6 Å². The number of carbonyl (C=O) groups is 1. The fourth-order valence-corrected chi connectivity index (χ4v) is 1.10. The van der Waals surface area contributed by atoms with Crippen molar-refractivity contribution in [3.8, 4) is 0 Å².